The van der Waals surface area contributed by atoms with E-state index in [0.29, 0.717) is 28.6 Å². The van der Waals surface area contributed by atoms with Gasteiger partial charge >= 0.3 is 0 Å². The third kappa shape index (κ3) is 5.54. The van der Waals surface area contributed by atoms with Crippen molar-refractivity contribution in [2.75, 3.05) is 11.9 Å². The summed E-state index contributed by atoms with van der Waals surface area (Å²) in [4.78, 5) is 25.8. The molecule has 2 aromatic rings. The molecule has 1 aliphatic rings. The van der Waals surface area contributed by atoms with E-state index in [1.165, 1.54) is 30.6 Å². The number of carbonyl (C=O) groups is 2. The first-order chi connectivity index (χ1) is 12.7. The van der Waals surface area contributed by atoms with Crippen LogP contribution in [-0.2, 0) is 0 Å². The highest BCUT2D eigenvalue weighted by atomic mass is 35.5. The number of rotatable bonds is 6. The summed E-state index contributed by atoms with van der Waals surface area (Å²) in [6.45, 7) is 0.431. The molecule has 1 saturated carbocycles. The van der Waals surface area contributed by atoms with Crippen molar-refractivity contribution in [2.45, 2.75) is 38.1 Å². The van der Waals surface area contributed by atoms with Crippen molar-refractivity contribution in [2.24, 2.45) is 11.7 Å². The first kappa shape index (κ1) is 21.4. The molecule has 0 bridgehead atoms. The maximum Gasteiger partial charge on any atom is 0.265 e. The normalized spacial score (nSPS) is 15.4. The number of thiophene rings is 1. The monoisotopic (exact) mass is 407 g/mol. The van der Waals surface area contributed by atoms with Gasteiger partial charge in [-0.15, -0.1) is 23.7 Å². The van der Waals surface area contributed by atoms with Crippen molar-refractivity contribution < 1.29 is 9.59 Å². The quantitative estimate of drug-likeness (QED) is 0.675. The van der Waals surface area contributed by atoms with E-state index in [2.05, 4.69) is 10.6 Å². The Morgan fingerprint density at radius 1 is 1.07 bits per heavy atom. The van der Waals surface area contributed by atoms with Crippen molar-refractivity contribution >= 4 is 41.2 Å². The highest BCUT2D eigenvalue weighted by Gasteiger charge is 2.25. The van der Waals surface area contributed by atoms with Crippen LogP contribution in [0.25, 0.3) is 0 Å². The first-order valence-corrected chi connectivity index (χ1v) is 10.0. The molecule has 1 atom stereocenters. The highest BCUT2D eigenvalue weighted by molar-refractivity contribution is 7.12. The van der Waals surface area contributed by atoms with Crippen LogP contribution < -0.4 is 16.4 Å². The summed E-state index contributed by atoms with van der Waals surface area (Å²) in [5, 5.41) is 7.78. The average molecular weight is 408 g/mol. The zero-order valence-electron chi connectivity index (χ0n) is 15.1. The molecule has 27 heavy (non-hydrogen) atoms. The van der Waals surface area contributed by atoms with Gasteiger partial charge in [0, 0.05) is 12.6 Å². The number of hydrogen-bond acceptors (Lipinski definition) is 4. The Kier molecular flexibility index (Phi) is 8.28. The van der Waals surface area contributed by atoms with E-state index in [0.717, 1.165) is 12.8 Å². The van der Waals surface area contributed by atoms with Crippen LogP contribution in [0.15, 0.2) is 41.8 Å². The van der Waals surface area contributed by atoms with Crippen LogP contribution in [0.2, 0.25) is 0 Å². The minimum Gasteiger partial charge on any atom is -0.348 e. The third-order valence-corrected chi connectivity index (χ3v) is 5.82. The Morgan fingerprint density at radius 3 is 2.48 bits per heavy atom. The molecular weight excluding hydrogens is 382 g/mol. The number of nitrogens with two attached hydrogens (primary N) is 1. The van der Waals surface area contributed by atoms with Gasteiger partial charge in [-0.25, -0.2) is 0 Å². The van der Waals surface area contributed by atoms with Crippen LogP contribution in [0.4, 0.5) is 5.69 Å². The fourth-order valence-electron chi connectivity index (χ4n) is 3.53. The van der Waals surface area contributed by atoms with Gasteiger partial charge in [0.1, 0.15) is 0 Å². The topological polar surface area (TPSA) is 84.2 Å². The van der Waals surface area contributed by atoms with Crippen LogP contribution in [0, 0.1) is 5.92 Å². The molecule has 1 aromatic heterocycles. The van der Waals surface area contributed by atoms with Gasteiger partial charge in [-0.1, -0.05) is 37.5 Å². The van der Waals surface area contributed by atoms with Gasteiger partial charge in [0.15, 0.2) is 0 Å². The van der Waals surface area contributed by atoms with Crippen molar-refractivity contribution in [3.63, 3.8) is 0 Å². The van der Waals surface area contributed by atoms with Gasteiger partial charge in [-0.3, -0.25) is 9.59 Å². The molecule has 1 aliphatic carbocycles. The molecule has 3 rings (SSSR count). The van der Waals surface area contributed by atoms with Crippen molar-refractivity contribution in [3.05, 3.63) is 52.2 Å². The summed E-state index contributed by atoms with van der Waals surface area (Å²) in [7, 11) is 0. The van der Waals surface area contributed by atoms with Crippen LogP contribution in [0.1, 0.15) is 52.1 Å². The van der Waals surface area contributed by atoms with Gasteiger partial charge < -0.3 is 16.4 Å². The molecule has 4 N–H and O–H groups in total. The lowest BCUT2D eigenvalue weighted by molar-refractivity contribution is 0.0916. The minimum absolute atomic E-state index is 0. The second-order valence-corrected chi connectivity index (χ2v) is 7.64. The Labute approximate surface area is 170 Å². The molecule has 0 radical (unpaired) electrons. The van der Waals surface area contributed by atoms with Crippen LogP contribution in [0.3, 0.4) is 0 Å². The Morgan fingerprint density at radius 2 is 1.81 bits per heavy atom. The molecule has 1 unspecified atom stereocenters. The standard InChI is InChI=1S/C20H25N3O2S.ClH/c21-13-17(14-7-2-1-3-8-14)23-19(24)15-9-4-5-10-16(15)22-20(25)18-11-6-12-26-18;/h4-6,9-12,14,17H,1-3,7-8,13,21H2,(H,22,25)(H,23,24);1H. The molecule has 0 saturated heterocycles. The van der Waals surface area contributed by atoms with Crippen molar-refractivity contribution in [1.29, 1.82) is 0 Å². The van der Waals surface area contributed by atoms with E-state index in [4.69, 9.17) is 5.73 Å². The SMILES string of the molecule is Cl.NCC(NC(=O)c1ccccc1NC(=O)c1cccs1)C1CCCCC1. The predicted molar refractivity (Wildman–Crippen MR) is 113 cm³/mol. The number of amides is 2. The first-order valence-electron chi connectivity index (χ1n) is 9.14. The molecule has 5 nitrogen and oxygen atoms in total. The lowest BCUT2D eigenvalue weighted by Gasteiger charge is -2.30. The van der Waals surface area contributed by atoms with Crippen LogP contribution >= 0.6 is 23.7 Å². The van der Waals surface area contributed by atoms with Crippen molar-refractivity contribution in [3.8, 4) is 0 Å². The number of halogens is 1. The van der Waals surface area contributed by atoms with Gasteiger partial charge in [0.2, 0.25) is 0 Å². The number of nitrogens with one attached hydrogen (secondary N) is 2. The van der Waals surface area contributed by atoms with E-state index >= 15 is 0 Å². The largest absolute Gasteiger partial charge is 0.348 e. The lowest BCUT2D eigenvalue weighted by atomic mass is 9.84. The number of carbonyl (C=O) groups excluding carboxylic acids is 2. The van der Waals surface area contributed by atoms with E-state index in [1.807, 2.05) is 17.5 Å². The Hall–Kier alpha value is -1.89. The third-order valence-electron chi connectivity index (χ3n) is 4.95. The molecule has 1 aromatic carbocycles. The smallest absolute Gasteiger partial charge is 0.265 e. The second-order valence-electron chi connectivity index (χ2n) is 6.69. The fraction of sp³-hybridized carbons (Fsp3) is 0.400. The van der Waals surface area contributed by atoms with E-state index in [1.54, 1.807) is 24.3 Å². The molecule has 1 heterocycles. The highest BCUT2D eigenvalue weighted by Crippen LogP contribution is 2.27. The minimum atomic E-state index is -0.206. The zero-order valence-corrected chi connectivity index (χ0v) is 16.8. The Balaban J connectivity index is 0.00000261. The predicted octanol–water partition coefficient (Wildman–Crippen LogP) is 4.06. The zero-order chi connectivity index (χ0) is 18.4. The van der Waals surface area contributed by atoms with Gasteiger partial charge in [0.05, 0.1) is 16.1 Å². The Bertz CT molecular complexity index is 745. The maximum atomic E-state index is 12.8. The van der Waals surface area contributed by atoms with Gasteiger partial charge in [0.25, 0.3) is 11.8 Å². The van der Waals surface area contributed by atoms with Gasteiger partial charge in [-0.05, 0) is 42.3 Å². The molecule has 7 heteroatoms. The molecule has 146 valence electrons. The molecular formula is C20H26ClN3O2S. The van der Waals surface area contributed by atoms with Gasteiger partial charge in [-0.2, -0.15) is 0 Å². The summed E-state index contributed by atoms with van der Waals surface area (Å²) >= 11 is 1.37. The number of para-hydroxylation sites is 1. The summed E-state index contributed by atoms with van der Waals surface area (Å²) in [6, 6.07) is 10.6. The number of anilines is 1. The lowest BCUT2D eigenvalue weighted by Crippen LogP contribution is -2.46. The second kappa shape index (κ2) is 10.4. The molecule has 2 amide bonds. The number of benzene rings is 1. The van der Waals surface area contributed by atoms with Crippen molar-refractivity contribution in [1.82, 2.24) is 5.32 Å². The van der Waals surface area contributed by atoms with E-state index < -0.39 is 0 Å². The summed E-state index contributed by atoms with van der Waals surface area (Å²) in [5.74, 6) is 0.0431. The van der Waals surface area contributed by atoms with Crippen LogP contribution in [0.5, 0.6) is 0 Å². The summed E-state index contributed by atoms with van der Waals surface area (Å²) in [5.41, 5.74) is 6.91. The average Bonchev–Trinajstić information content (AvgIpc) is 3.22. The number of hydrogen-bond donors (Lipinski definition) is 3. The summed E-state index contributed by atoms with van der Waals surface area (Å²) in [6.07, 6.45) is 5.88. The van der Waals surface area contributed by atoms with E-state index in [-0.39, 0.29) is 30.3 Å². The maximum absolute atomic E-state index is 12.8. The summed E-state index contributed by atoms with van der Waals surface area (Å²) < 4.78 is 0. The van der Waals surface area contributed by atoms with Crippen LogP contribution in [-0.4, -0.2) is 24.4 Å². The molecule has 0 spiro atoms. The molecule has 0 aliphatic heterocycles. The fourth-order valence-corrected chi connectivity index (χ4v) is 4.15. The van der Waals surface area contributed by atoms with E-state index in [9.17, 15) is 9.59 Å². The molecule has 1 fully saturated rings.